The molecule has 0 amide bonds. The summed E-state index contributed by atoms with van der Waals surface area (Å²) in [7, 11) is 0. The molecule has 1 aliphatic carbocycles. The third-order valence-corrected chi connectivity index (χ3v) is 4.73. The van der Waals surface area contributed by atoms with E-state index in [0.29, 0.717) is 12.0 Å². The van der Waals surface area contributed by atoms with Crippen LogP contribution in [0, 0.1) is 11.8 Å². The molecule has 0 radical (unpaired) electrons. The van der Waals surface area contributed by atoms with E-state index in [2.05, 4.69) is 18.7 Å². The molecule has 2 aliphatic rings. The molecule has 4 heteroatoms. The Balaban J connectivity index is 2.01. The molecule has 4 unspecified atom stereocenters. The van der Waals surface area contributed by atoms with Crippen LogP contribution in [0.2, 0.25) is 0 Å². The molecule has 4 nitrogen and oxygen atoms in total. The molecule has 0 aromatic carbocycles. The zero-order chi connectivity index (χ0) is 13.8. The van der Waals surface area contributed by atoms with Gasteiger partial charge in [0.05, 0.1) is 12.0 Å². The minimum atomic E-state index is -0.623. The molecular formula is C15H27NO3. The normalized spacial score (nSPS) is 35.7. The smallest absolute Gasteiger partial charge is 0.308 e. The summed E-state index contributed by atoms with van der Waals surface area (Å²) < 4.78 is 5.71. The largest absolute Gasteiger partial charge is 0.481 e. The van der Waals surface area contributed by atoms with Gasteiger partial charge in [0.1, 0.15) is 0 Å². The van der Waals surface area contributed by atoms with Crippen molar-refractivity contribution < 1.29 is 14.6 Å². The summed E-state index contributed by atoms with van der Waals surface area (Å²) in [6.45, 7) is 7.06. The Labute approximate surface area is 116 Å². The van der Waals surface area contributed by atoms with Gasteiger partial charge in [0.15, 0.2) is 0 Å². The molecule has 2 rings (SSSR count). The number of hydrogen-bond acceptors (Lipinski definition) is 3. The van der Waals surface area contributed by atoms with Gasteiger partial charge in [0.25, 0.3) is 0 Å². The van der Waals surface area contributed by atoms with Crippen molar-refractivity contribution in [1.29, 1.82) is 0 Å². The fraction of sp³-hybridized carbons (Fsp3) is 0.933. The van der Waals surface area contributed by atoms with Crippen molar-refractivity contribution in [3.8, 4) is 0 Å². The molecule has 0 aromatic rings. The topological polar surface area (TPSA) is 49.8 Å². The molecule has 19 heavy (non-hydrogen) atoms. The van der Waals surface area contributed by atoms with Crippen molar-refractivity contribution in [2.75, 3.05) is 19.7 Å². The zero-order valence-electron chi connectivity index (χ0n) is 12.2. The van der Waals surface area contributed by atoms with Crippen LogP contribution in [0.15, 0.2) is 0 Å². The lowest BCUT2D eigenvalue weighted by Gasteiger charge is -2.40. The minimum absolute atomic E-state index is 0.190. The first-order valence-corrected chi connectivity index (χ1v) is 7.70. The molecule has 1 heterocycles. The van der Waals surface area contributed by atoms with E-state index in [1.807, 2.05) is 0 Å². The highest BCUT2D eigenvalue weighted by Crippen LogP contribution is 2.33. The van der Waals surface area contributed by atoms with Crippen molar-refractivity contribution in [3.05, 3.63) is 0 Å². The highest BCUT2D eigenvalue weighted by atomic mass is 16.5. The number of nitrogens with zero attached hydrogens (tertiary/aromatic N) is 1. The average Bonchev–Trinajstić information content (AvgIpc) is 2.88. The van der Waals surface area contributed by atoms with Crippen molar-refractivity contribution in [3.63, 3.8) is 0 Å². The lowest BCUT2D eigenvalue weighted by Crippen LogP contribution is -2.49. The van der Waals surface area contributed by atoms with Crippen LogP contribution in [0.1, 0.15) is 46.0 Å². The van der Waals surface area contributed by atoms with Crippen LogP contribution in [0.4, 0.5) is 0 Å². The standard InChI is InChI=1S/C15H27NO3/c1-3-16(10-12-5-4-8-19-12)14-9-11(2)6-7-13(14)15(17)18/h11-14H,3-10H2,1-2H3,(H,17,18). The van der Waals surface area contributed by atoms with Crippen LogP contribution >= 0.6 is 0 Å². The summed E-state index contributed by atoms with van der Waals surface area (Å²) in [5, 5.41) is 9.44. The highest BCUT2D eigenvalue weighted by Gasteiger charge is 2.37. The summed E-state index contributed by atoms with van der Waals surface area (Å²) in [5.74, 6) is -0.181. The van der Waals surface area contributed by atoms with E-state index in [1.165, 1.54) is 0 Å². The SMILES string of the molecule is CCN(CC1CCCO1)C1CC(C)CCC1C(=O)O. The second-order valence-corrected chi connectivity index (χ2v) is 6.15. The number of carboxylic acid groups (broad SMARTS) is 1. The molecule has 0 spiro atoms. The highest BCUT2D eigenvalue weighted by molar-refractivity contribution is 5.71. The second kappa shape index (κ2) is 6.71. The Hall–Kier alpha value is -0.610. The Morgan fingerprint density at radius 1 is 1.37 bits per heavy atom. The Kier molecular flexibility index (Phi) is 5.22. The molecule has 0 bridgehead atoms. The molecule has 0 aromatic heterocycles. The maximum absolute atomic E-state index is 11.5. The fourth-order valence-corrected chi connectivity index (χ4v) is 3.59. The van der Waals surface area contributed by atoms with E-state index in [-0.39, 0.29) is 12.0 Å². The Morgan fingerprint density at radius 3 is 2.74 bits per heavy atom. The van der Waals surface area contributed by atoms with E-state index in [1.54, 1.807) is 0 Å². The molecular weight excluding hydrogens is 242 g/mol. The number of hydrogen-bond donors (Lipinski definition) is 1. The van der Waals surface area contributed by atoms with E-state index in [4.69, 9.17) is 4.74 Å². The Bertz CT molecular complexity index is 302. The molecule has 110 valence electrons. The number of carbonyl (C=O) groups is 1. The predicted molar refractivity (Wildman–Crippen MR) is 74.1 cm³/mol. The van der Waals surface area contributed by atoms with Gasteiger partial charge in [0, 0.05) is 19.2 Å². The second-order valence-electron chi connectivity index (χ2n) is 6.15. The van der Waals surface area contributed by atoms with Gasteiger partial charge in [-0.25, -0.2) is 0 Å². The van der Waals surface area contributed by atoms with Crippen molar-refractivity contribution in [2.45, 2.75) is 58.1 Å². The number of rotatable bonds is 5. The Morgan fingerprint density at radius 2 is 2.16 bits per heavy atom. The fourth-order valence-electron chi connectivity index (χ4n) is 3.59. The summed E-state index contributed by atoms with van der Waals surface area (Å²) >= 11 is 0. The van der Waals surface area contributed by atoms with Crippen LogP contribution in [0.25, 0.3) is 0 Å². The minimum Gasteiger partial charge on any atom is -0.481 e. The summed E-state index contributed by atoms with van der Waals surface area (Å²) in [6.07, 6.45) is 5.46. The van der Waals surface area contributed by atoms with Gasteiger partial charge in [-0.2, -0.15) is 0 Å². The van der Waals surface area contributed by atoms with Crippen LogP contribution < -0.4 is 0 Å². The quantitative estimate of drug-likeness (QED) is 0.832. The summed E-state index contributed by atoms with van der Waals surface area (Å²) in [5.41, 5.74) is 0. The van der Waals surface area contributed by atoms with Crippen LogP contribution in [0.3, 0.4) is 0 Å². The summed E-state index contributed by atoms with van der Waals surface area (Å²) in [6, 6.07) is 0.190. The van der Waals surface area contributed by atoms with E-state index in [9.17, 15) is 9.90 Å². The third-order valence-electron chi connectivity index (χ3n) is 4.73. The molecule has 1 saturated carbocycles. The van der Waals surface area contributed by atoms with E-state index < -0.39 is 5.97 Å². The monoisotopic (exact) mass is 269 g/mol. The van der Waals surface area contributed by atoms with Gasteiger partial charge in [-0.3, -0.25) is 9.69 Å². The third kappa shape index (κ3) is 3.69. The molecule has 2 fully saturated rings. The molecule has 1 saturated heterocycles. The van der Waals surface area contributed by atoms with Crippen LogP contribution in [-0.2, 0) is 9.53 Å². The molecule has 4 atom stereocenters. The number of aliphatic carboxylic acids is 1. The first-order valence-electron chi connectivity index (χ1n) is 7.70. The number of ether oxygens (including phenoxy) is 1. The van der Waals surface area contributed by atoms with Crippen molar-refractivity contribution in [2.24, 2.45) is 11.8 Å². The van der Waals surface area contributed by atoms with Crippen molar-refractivity contribution >= 4 is 5.97 Å². The van der Waals surface area contributed by atoms with Gasteiger partial charge in [-0.15, -0.1) is 0 Å². The predicted octanol–water partition coefficient (Wildman–Crippen LogP) is 2.38. The first kappa shape index (κ1) is 14.8. The maximum atomic E-state index is 11.5. The number of likely N-dealkylation sites (N-methyl/N-ethyl adjacent to an activating group) is 1. The van der Waals surface area contributed by atoms with Gasteiger partial charge < -0.3 is 9.84 Å². The summed E-state index contributed by atoms with van der Waals surface area (Å²) in [4.78, 5) is 13.8. The van der Waals surface area contributed by atoms with Crippen LogP contribution in [-0.4, -0.2) is 47.8 Å². The van der Waals surface area contributed by atoms with E-state index in [0.717, 1.165) is 51.8 Å². The molecule has 1 N–H and O–H groups in total. The van der Waals surface area contributed by atoms with Gasteiger partial charge in [-0.1, -0.05) is 13.8 Å². The zero-order valence-corrected chi connectivity index (χ0v) is 12.2. The van der Waals surface area contributed by atoms with E-state index >= 15 is 0 Å². The van der Waals surface area contributed by atoms with Gasteiger partial charge >= 0.3 is 5.97 Å². The lowest BCUT2D eigenvalue weighted by atomic mass is 9.78. The number of carboxylic acids is 1. The lowest BCUT2D eigenvalue weighted by molar-refractivity contribution is -0.146. The first-order chi connectivity index (χ1) is 9.11. The average molecular weight is 269 g/mol. The van der Waals surface area contributed by atoms with Crippen LogP contribution in [0.5, 0.6) is 0 Å². The van der Waals surface area contributed by atoms with Crippen molar-refractivity contribution in [1.82, 2.24) is 4.90 Å². The van der Waals surface area contributed by atoms with Gasteiger partial charge in [0.2, 0.25) is 0 Å². The van der Waals surface area contributed by atoms with Gasteiger partial charge in [-0.05, 0) is 44.6 Å². The maximum Gasteiger partial charge on any atom is 0.308 e. The molecule has 1 aliphatic heterocycles.